The maximum absolute atomic E-state index is 5.87. The summed E-state index contributed by atoms with van der Waals surface area (Å²) in [6.45, 7) is 1.33. The molecule has 0 saturated carbocycles. The molecule has 3 aromatic carbocycles. The summed E-state index contributed by atoms with van der Waals surface area (Å²) >= 11 is 0. The molecule has 0 unspecified atom stereocenters. The number of ether oxygens (including phenoxy) is 1. The van der Waals surface area contributed by atoms with Crippen LogP contribution in [-0.2, 0) is 6.54 Å². The van der Waals surface area contributed by atoms with Gasteiger partial charge in [0.15, 0.2) is 0 Å². The number of fused-ring (bicyclic) bond motifs is 1. The molecule has 4 aromatic rings. The summed E-state index contributed by atoms with van der Waals surface area (Å²) in [5.74, 6) is 1.82. The molecule has 128 valence electrons. The van der Waals surface area contributed by atoms with Gasteiger partial charge in [0.1, 0.15) is 18.2 Å². The molecule has 26 heavy (non-hydrogen) atoms. The van der Waals surface area contributed by atoms with E-state index >= 15 is 0 Å². The highest BCUT2D eigenvalue weighted by molar-refractivity contribution is 5.79. The Morgan fingerprint density at radius 3 is 2.27 bits per heavy atom. The highest BCUT2D eigenvalue weighted by Gasteiger charge is 2.08. The predicted octanol–water partition coefficient (Wildman–Crippen LogP) is 5.29. The molecule has 0 bridgehead atoms. The zero-order valence-electron chi connectivity index (χ0n) is 14.5. The summed E-state index contributed by atoms with van der Waals surface area (Å²) in [7, 11) is 0. The average Bonchev–Trinajstić information content (AvgIpc) is 3.06. The van der Waals surface area contributed by atoms with Gasteiger partial charge in [0.2, 0.25) is 0 Å². The monoisotopic (exact) mass is 340 g/mol. The van der Waals surface area contributed by atoms with Crippen LogP contribution in [-0.4, -0.2) is 16.2 Å². The molecule has 3 nitrogen and oxygen atoms in total. The van der Waals surface area contributed by atoms with Gasteiger partial charge in [0.05, 0.1) is 17.6 Å². The van der Waals surface area contributed by atoms with Crippen LogP contribution in [0, 0.1) is 0 Å². The lowest BCUT2D eigenvalue weighted by molar-refractivity contribution is 0.300. The average molecular weight is 340 g/mol. The van der Waals surface area contributed by atoms with Crippen molar-refractivity contribution in [3.63, 3.8) is 0 Å². The van der Waals surface area contributed by atoms with E-state index < -0.39 is 0 Å². The van der Waals surface area contributed by atoms with Crippen LogP contribution in [0.5, 0.6) is 5.75 Å². The fourth-order valence-electron chi connectivity index (χ4n) is 2.96. The lowest BCUT2D eigenvalue weighted by Gasteiger charge is -2.09. The molecule has 0 aliphatic carbocycles. The molecule has 0 radical (unpaired) electrons. The molecule has 0 amide bonds. The molecule has 1 heterocycles. The van der Waals surface area contributed by atoms with Crippen LogP contribution < -0.4 is 4.74 Å². The Bertz CT molecular complexity index is 1000. The number of para-hydroxylation sites is 3. The molecule has 0 saturated heterocycles. The van der Waals surface area contributed by atoms with Crippen molar-refractivity contribution < 1.29 is 4.74 Å². The molecule has 0 aliphatic rings. The third-order valence-corrected chi connectivity index (χ3v) is 4.24. The van der Waals surface area contributed by atoms with Gasteiger partial charge in [0, 0.05) is 0 Å². The predicted molar refractivity (Wildman–Crippen MR) is 107 cm³/mol. The molecule has 0 atom stereocenters. The van der Waals surface area contributed by atoms with Gasteiger partial charge in [-0.1, -0.05) is 66.7 Å². The van der Waals surface area contributed by atoms with Crippen LogP contribution in [0.3, 0.4) is 0 Å². The molecule has 0 spiro atoms. The number of nitrogens with zero attached hydrogens (tertiary/aromatic N) is 2. The van der Waals surface area contributed by atoms with E-state index in [9.17, 15) is 0 Å². The first-order valence-electron chi connectivity index (χ1n) is 8.76. The molecular formula is C23H20N2O. The maximum atomic E-state index is 5.87. The van der Waals surface area contributed by atoms with Crippen molar-refractivity contribution in [3.05, 3.63) is 96.3 Å². The Morgan fingerprint density at radius 1 is 0.769 bits per heavy atom. The normalized spacial score (nSPS) is 11.2. The van der Waals surface area contributed by atoms with Crippen molar-refractivity contribution in [1.82, 2.24) is 9.55 Å². The van der Waals surface area contributed by atoms with Crippen molar-refractivity contribution >= 4 is 23.2 Å². The third kappa shape index (κ3) is 3.67. The number of hydrogen-bond acceptors (Lipinski definition) is 2. The summed E-state index contributed by atoms with van der Waals surface area (Å²) in [6.07, 6.45) is 4.16. The smallest absolute Gasteiger partial charge is 0.133 e. The largest absolute Gasteiger partial charge is 0.492 e. The summed E-state index contributed by atoms with van der Waals surface area (Å²) in [5, 5.41) is 0. The summed E-state index contributed by atoms with van der Waals surface area (Å²) in [5.41, 5.74) is 3.28. The van der Waals surface area contributed by atoms with Crippen molar-refractivity contribution in [3.8, 4) is 5.75 Å². The molecule has 0 aliphatic heterocycles. The van der Waals surface area contributed by atoms with E-state index in [4.69, 9.17) is 9.72 Å². The van der Waals surface area contributed by atoms with Crippen molar-refractivity contribution in [2.45, 2.75) is 6.54 Å². The minimum atomic E-state index is 0.594. The molecule has 0 N–H and O–H groups in total. The first kappa shape index (κ1) is 16.2. The minimum absolute atomic E-state index is 0.594. The van der Waals surface area contributed by atoms with Gasteiger partial charge >= 0.3 is 0 Å². The number of rotatable bonds is 6. The zero-order chi connectivity index (χ0) is 17.6. The Balaban J connectivity index is 1.58. The highest BCUT2D eigenvalue weighted by Crippen LogP contribution is 2.18. The fraction of sp³-hybridized carbons (Fsp3) is 0.0870. The third-order valence-electron chi connectivity index (χ3n) is 4.24. The molecule has 1 aromatic heterocycles. The summed E-state index contributed by atoms with van der Waals surface area (Å²) < 4.78 is 8.08. The number of aromatic nitrogens is 2. The number of benzene rings is 3. The van der Waals surface area contributed by atoms with Crippen LogP contribution in [0.15, 0.2) is 84.9 Å². The lowest BCUT2D eigenvalue weighted by atomic mass is 10.2. The standard InChI is InChI=1S/C23H20N2O/c1-3-9-19(10-4-1)15-16-23-24-21-13-7-8-14-22(21)25(23)17-18-26-20-11-5-2-6-12-20/h1-16H,17-18H2. The van der Waals surface area contributed by atoms with E-state index in [2.05, 4.69) is 34.9 Å². The minimum Gasteiger partial charge on any atom is -0.492 e. The Labute approximate surface area is 153 Å². The van der Waals surface area contributed by atoms with Gasteiger partial charge < -0.3 is 9.30 Å². The molecular weight excluding hydrogens is 320 g/mol. The van der Waals surface area contributed by atoms with Gasteiger partial charge in [-0.2, -0.15) is 0 Å². The Morgan fingerprint density at radius 2 is 1.46 bits per heavy atom. The van der Waals surface area contributed by atoms with Crippen molar-refractivity contribution in [2.24, 2.45) is 0 Å². The second-order valence-corrected chi connectivity index (χ2v) is 6.02. The van der Waals surface area contributed by atoms with E-state index in [0.29, 0.717) is 6.61 Å². The van der Waals surface area contributed by atoms with Crippen LogP contribution in [0.2, 0.25) is 0 Å². The summed E-state index contributed by atoms with van der Waals surface area (Å²) in [4.78, 5) is 4.77. The SMILES string of the molecule is C(=Cc1nc2ccccc2n1CCOc1ccccc1)c1ccccc1. The first-order chi connectivity index (χ1) is 12.9. The van der Waals surface area contributed by atoms with Gasteiger partial charge in [0.25, 0.3) is 0 Å². The second-order valence-electron chi connectivity index (χ2n) is 6.02. The summed E-state index contributed by atoms with van der Waals surface area (Å²) in [6, 6.07) is 28.4. The quantitative estimate of drug-likeness (QED) is 0.477. The van der Waals surface area contributed by atoms with E-state index in [1.165, 1.54) is 0 Å². The number of hydrogen-bond donors (Lipinski definition) is 0. The van der Waals surface area contributed by atoms with E-state index in [1.54, 1.807) is 0 Å². The van der Waals surface area contributed by atoms with Gasteiger partial charge in [-0.15, -0.1) is 0 Å². The molecule has 3 heteroatoms. The van der Waals surface area contributed by atoms with Gasteiger partial charge in [-0.05, 0) is 35.9 Å². The van der Waals surface area contributed by atoms with E-state index in [1.807, 2.05) is 66.7 Å². The van der Waals surface area contributed by atoms with Crippen molar-refractivity contribution in [2.75, 3.05) is 6.61 Å². The van der Waals surface area contributed by atoms with E-state index in [0.717, 1.165) is 34.7 Å². The van der Waals surface area contributed by atoms with Crippen LogP contribution in [0.25, 0.3) is 23.2 Å². The maximum Gasteiger partial charge on any atom is 0.133 e. The Kier molecular flexibility index (Phi) is 4.79. The lowest BCUT2D eigenvalue weighted by Crippen LogP contribution is -2.09. The first-order valence-corrected chi connectivity index (χ1v) is 8.76. The fourth-order valence-corrected chi connectivity index (χ4v) is 2.96. The van der Waals surface area contributed by atoms with Crippen LogP contribution >= 0.6 is 0 Å². The van der Waals surface area contributed by atoms with Crippen LogP contribution in [0.1, 0.15) is 11.4 Å². The second kappa shape index (κ2) is 7.70. The zero-order valence-corrected chi connectivity index (χ0v) is 14.5. The Hall–Kier alpha value is -3.33. The van der Waals surface area contributed by atoms with Crippen molar-refractivity contribution in [1.29, 1.82) is 0 Å². The molecule has 4 rings (SSSR count). The van der Waals surface area contributed by atoms with E-state index in [-0.39, 0.29) is 0 Å². The van der Waals surface area contributed by atoms with Gasteiger partial charge in [-0.25, -0.2) is 4.98 Å². The van der Waals surface area contributed by atoms with Gasteiger partial charge in [-0.3, -0.25) is 0 Å². The number of imidazole rings is 1. The molecule has 0 fully saturated rings. The topological polar surface area (TPSA) is 27.1 Å². The van der Waals surface area contributed by atoms with Crippen LogP contribution in [0.4, 0.5) is 0 Å². The highest BCUT2D eigenvalue weighted by atomic mass is 16.5.